The minimum atomic E-state index is -0.701. The molecule has 0 unspecified atom stereocenters. The lowest BCUT2D eigenvalue weighted by Crippen LogP contribution is -2.41. The van der Waals surface area contributed by atoms with Crippen LogP contribution < -0.4 is 15.4 Å². The van der Waals surface area contributed by atoms with Crippen molar-refractivity contribution in [3.8, 4) is 5.75 Å². The Morgan fingerprint density at radius 3 is 2.38 bits per heavy atom. The van der Waals surface area contributed by atoms with Crippen molar-refractivity contribution >= 4 is 23.9 Å². The van der Waals surface area contributed by atoms with Crippen LogP contribution in [0.25, 0.3) is 6.08 Å². The molecule has 7 nitrogen and oxygen atoms in total. The van der Waals surface area contributed by atoms with E-state index in [0.29, 0.717) is 31.4 Å². The van der Waals surface area contributed by atoms with Crippen molar-refractivity contribution in [3.63, 3.8) is 0 Å². The van der Waals surface area contributed by atoms with Gasteiger partial charge in [0.25, 0.3) is 0 Å². The van der Waals surface area contributed by atoms with Crippen molar-refractivity contribution in [2.24, 2.45) is 0 Å². The molecule has 2 N–H and O–H groups in total. The zero-order chi connectivity index (χ0) is 21.6. The number of hydrogen-bond donors (Lipinski definition) is 2. The molecule has 0 saturated heterocycles. The van der Waals surface area contributed by atoms with Gasteiger partial charge in [0.2, 0.25) is 11.8 Å². The Morgan fingerprint density at radius 1 is 1.10 bits per heavy atom. The average molecular weight is 402 g/mol. The Kier molecular flexibility index (Phi) is 10.9. The first-order chi connectivity index (χ1) is 13.9. The second-order valence-electron chi connectivity index (χ2n) is 6.41. The summed E-state index contributed by atoms with van der Waals surface area (Å²) in [5.74, 6) is -0.204. The van der Waals surface area contributed by atoms with Gasteiger partial charge in [0.15, 0.2) is 0 Å². The molecule has 0 bridgehead atoms. The van der Waals surface area contributed by atoms with E-state index in [4.69, 9.17) is 9.47 Å². The molecule has 158 valence electrons. The van der Waals surface area contributed by atoms with Gasteiger partial charge in [-0.05, 0) is 56.9 Å². The third kappa shape index (κ3) is 9.10. The van der Waals surface area contributed by atoms with Crippen LogP contribution in [-0.4, -0.2) is 44.6 Å². The largest absolute Gasteiger partial charge is 0.497 e. The Labute approximate surface area is 172 Å². The third-order valence-electron chi connectivity index (χ3n) is 4.34. The molecule has 0 aromatic heterocycles. The zero-order valence-electron chi connectivity index (χ0n) is 17.5. The minimum absolute atomic E-state index is 0.192. The molecule has 29 heavy (non-hydrogen) atoms. The van der Waals surface area contributed by atoms with Crippen LogP contribution in [0.5, 0.6) is 5.75 Å². The molecule has 0 radical (unpaired) electrons. The van der Waals surface area contributed by atoms with E-state index in [9.17, 15) is 14.4 Å². The fourth-order valence-corrected chi connectivity index (χ4v) is 2.43. The van der Waals surface area contributed by atoms with E-state index in [2.05, 4.69) is 10.6 Å². The Morgan fingerprint density at radius 2 is 1.79 bits per heavy atom. The molecule has 0 spiro atoms. The highest BCUT2D eigenvalue weighted by molar-refractivity contribution is 5.95. The van der Waals surface area contributed by atoms with Gasteiger partial charge in [-0.25, -0.2) is 4.79 Å². The monoisotopic (exact) mass is 402 g/mol. The lowest BCUT2D eigenvalue weighted by Gasteiger charge is -2.16. The number of methoxy groups -OCH3 is 2. The van der Waals surface area contributed by atoms with Crippen LogP contribution in [0.4, 0.5) is 0 Å². The summed E-state index contributed by atoms with van der Waals surface area (Å²) < 4.78 is 9.84. The zero-order valence-corrected chi connectivity index (χ0v) is 17.5. The summed E-state index contributed by atoms with van der Waals surface area (Å²) in [6, 6.07) is 6.67. The molecule has 0 saturated carbocycles. The van der Waals surface area contributed by atoms with Crippen molar-refractivity contribution in [3.05, 3.63) is 47.6 Å². The van der Waals surface area contributed by atoms with Gasteiger partial charge in [0, 0.05) is 18.2 Å². The molecular weight excluding hydrogens is 372 g/mol. The summed E-state index contributed by atoms with van der Waals surface area (Å²) in [5, 5.41) is 5.47. The van der Waals surface area contributed by atoms with Crippen LogP contribution in [-0.2, 0) is 19.1 Å². The number of unbranched alkanes of at least 4 members (excludes halogenated alkanes) is 1. The molecule has 7 heteroatoms. The first-order valence-electron chi connectivity index (χ1n) is 9.52. The van der Waals surface area contributed by atoms with E-state index in [1.165, 1.54) is 13.2 Å². The van der Waals surface area contributed by atoms with E-state index in [1.54, 1.807) is 33.1 Å². The second kappa shape index (κ2) is 13.1. The average Bonchev–Trinajstić information content (AvgIpc) is 2.75. The Hall–Kier alpha value is -3.09. The van der Waals surface area contributed by atoms with Gasteiger partial charge in [-0.1, -0.05) is 18.2 Å². The van der Waals surface area contributed by atoms with Crippen LogP contribution in [0.2, 0.25) is 0 Å². The number of esters is 1. The molecule has 0 aliphatic heterocycles. The standard InChI is InChI=1S/C22H30N2O5/c1-5-16(2)21(26)24-19(22(27)29-4)8-6-7-15-23-20(25)14-11-17-9-12-18(28-3)13-10-17/h5,9-14,19H,6-8,15H2,1-4H3,(H,23,25)(H,24,26)/b14-11+,16-5+/t19-/m0/s1. The van der Waals surface area contributed by atoms with Crippen molar-refractivity contribution in [1.29, 1.82) is 0 Å². The van der Waals surface area contributed by atoms with Crippen molar-refractivity contribution in [1.82, 2.24) is 10.6 Å². The van der Waals surface area contributed by atoms with Gasteiger partial charge in [-0.2, -0.15) is 0 Å². The number of hydrogen-bond acceptors (Lipinski definition) is 5. The number of carbonyl (C=O) groups is 3. The van der Waals surface area contributed by atoms with Crippen molar-refractivity contribution in [2.45, 2.75) is 39.2 Å². The van der Waals surface area contributed by atoms with Gasteiger partial charge < -0.3 is 20.1 Å². The topological polar surface area (TPSA) is 93.7 Å². The van der Waals surface area contributed by atoms with Crippen LogP contribution in [0, 0.1) is 0 Å². The number of amides is 2. The highest BCUT2D eigenvalue weighted by Crippen LogP contribution is 2.12. The van der Waals surface area contributed by atoms with Crippen LogP contribution >= 0.6 is 0 Å². The maximum Gasteiger partial charge on any atom is 0.328 e. The number of ether oxygens (including phenoxy) is 2. The summed E-state index contributed by atoms with van der Waals surface area (Å²) in [7, 11) is 2.89. The SMILES string of the molecule is C/C=C(\C)C(=O)N[C@@H](CCCCNC(=O)/C=C/c1ccc(OC)cc1)C(=O)OC. The molecule has 0 fully saturated rings. The molecular formula is C22H30N2O5. The number of carbonyl (C=O) groups excluding carboxylic acids is 3. The molecule has 1 aromatic carbocycles. The minimum Gasteiger partial charge on any atom is -0.497 e. The van der Waals surface area contributed by atoms with Gasteiger partial charge in [-0.15, -0.1) is 0 Å². The summed E-state index contributed by atoms with van der Waals surface area (Å²) in [4.78, 5) is 35.7. The van der Waals surface area contributed by atoms with E-state index in [0.717, 1.165) is 11.3 Å². The Bertz CT molecular complexity index is 738. The van der Waals surface area contributed by atoms with Crippen LogP contribution in [0.15, 0.2) is 42.0 Å². The lowest BCUT2D eigenvalue weighted by molar-refractivity contribution is -0.144. The second-order valence-corrected chi connectivity index (χ2v) is 6.41. The van der Waals surface area contributed by atoms with Crippen molar-refractivity contribution < 1.29 is 23.9 Å². The van der Waals surface area contributed by atoms with Gasteiger partial charge in [-0.3, -0.25) is 9.59 Å². The van der Waals surface area contributed by atoms with Gasteiger partial charge in [0.05, 0.1) is 14.2 Å². The molecule has 1 aromatic rings. The van der Waals surface area contributed by atoms with Crippen LogP contribution in [0.1, 0.15) is 38.7 Å². The lowest BCUT2D eigenvalue weighted by atomic mass is 10.1. The number of rotatable bonds is 11. The smallest absolute Gasteiger partial charge is 0.328 e. The summed E-state index contributed by atoms with van der Waals surface area (Å²) in [6.07, 6.45) is 6.64. The van der Waals surface area contributed by atoms with Gasteiger partial charge in [0.1, 0.15) is 11.8 Å². The normalized spacial score (nSPS) is 12.3. The maximum atomic E-state index is 11.9. The molecule has 0 heterocycles. The number of benzene rings is 1. The number of allylic oxidation sites excluding steroid dienone is 1. The predicted molar refractivity (Wildman–Crippen MR) is 112 cm³/mol. The molecule has 1 atom stereocenters. The van der Waals surface area contributed by atoms with Crippen LogP contribution in [0.3, 0.4) is 0 Å². The Balaban J connectivity index is 2.36. The summed E-state index contributed by atoms with van der Waals surface area (Å²) >= 11 is 0. The maximum absolute atomic E-state index is 11.9. The highest BCUT2D eigenvalue weighted by Gasteiger charge is 2.21. The fourth-order valence-electron chi connectivity index (χ4n) is 2.43. The van der Waals surface area contributed by atoms with Crippen molar-refractivity contribution in [2.75, 3.05) is 20.8 Å². The molecule has 0 aliphatic rings. The number of nitrogens with one attached hydrogen (secondary N) is 2. The highest BCUT2D eigenvalue weighted by atomic mass is 16.5. The third-order valence-corrected chi connectivity index (χ3v) is 4.34. The fraction of sp³-hybridized carbons (Fsp3) is 0.409. The molecule has 0 aliphatic carbocycles. The van der Waals surface area contributed by atoms with E-state index in [-0.39, 0.29) is 11.8 Å². The summed E-state index contributed by atoms with van der Waals surface area (Å²) in [5.41, 5.74) is 1.43. The predicted octanol–water partition coefficient (Wildman–Crippen LogP) is 2.62. The van der Waals surface area contributed by atoms with E-state index < -0.39 is 12.0 Å². The quantitative estimate of drug-likeness (QED) is 0.337. The first kappa shape index (κ1) is 23.9. The summed E-state index contributed by atoms with van der Waals surface area (Å²) in [6.45, 7) is 3.91. The molecule has 1 rings (SSSR count). The van der Waals surface area contributed by atoms with Gasteiger partial charge >= 0.3 is 5.97 Å². The van der Waals surface area contributed by atoms with E-state index in [1.807, 2.05) is 24.3 Å². The van der Waals surface area contributed by atoms with E-state index >= 15 is 0 Å². The first-order valence-corrected chi connectivity index (χ1v) is 9.52. The molecule has 2 amide bonds.